The van der Waals surface area contributed by atoms with Gasteiger partial charge in [0.25, 0.3) is 11.6 Å². The highest BCUT2D eigenvalue weighted by Crippen LogP contribution is 2.52. The van der Waals surface area contributed by atoms with Crippen LogP contribution in [0.4, 0.5) is 13.2 Å². The molecule has 1 aromatic rings. The second-order valence-electron chi connectivity index (χ2n) is 10.6. The van der Waals surface area contributed by atoms with Crippen molar-refractivity contribution in [1.82, 2.24) is 5.01 Å². The minimum absolute atomic E-state index is 0.00329. The summed E-state index contributed by atoms with van der Waals surface area (Å²) in [6.07, 6.45) is -3.85. The molecule has 0 radical (unpaired) electrons. The van der Waals surface area contributed by atoms with Gasteiger partial charge < -0.3 is 5.11 Å². The Bertz CT molecular complexity index is 847. The van der Waals surface area contributed by atoms with Gasteiger partial charge in [-0.3, -0.25) is 4.79 Å². The number of benzene rings is 1. The number of halogens is 3. The van der Waals surface area contributed by atoms with Crippen molar-refractivity contribution in [2.24, 2.45) is 22.4 Å². The second kappa shape index (κ2) is 7.08. The first-order valence-corrected chi connectivity index (χ1v) is 10.4. The van der Waals surface area contributed by atoms with E-state index in [0.29, 0.717) is 12.8 Å². The Morgan fingerprint density at radius 1 is 1.10 bits per heavy atom. The van der Waals surface area contributed by atoms with Gasteiger partial charge in [-0.05, 0) is 53.7 Å². The number of carbonyl (C=O) groups is 1. The average Bonchev–Trinajstić information content (AvgIpc) is 2.93. The number of aliphatic hydroxyl groups is 1. The molecule has 0 aromatic heterocycles. The summed E-state index contributed by atoms with van der Waals surface area (Å²) in [5.41, 5.74) is -2.39. The molecule has 1 aliphatic heterocycles. The van der Waals surface area contributed by atoms with Gasteiger partial charge in [-0.1, -0.05) is 53.7 Å². The van der Waals surface area contributed by atoms with Crippen LogP contribution in [-0.2, 0) is 5.41 Å². The molecule has 3 rings (SSSR count). The SMILES string of the molecule is CC(C)(C)c1ccc(C(=O)N2N=C3CC[C@H](C(C)(C)C)C[C@@H]3[C@]2(O)C(F)(F)F)cc1. The molecule has 1 amide bonds. The number of nitrogens with zero attached hydrogens (tertiary/aromatic N) is 2. The maximum Gasteiger partial charge on any atom is 0.439 e. The lowest BCUT2D eigenvalue weighted by atomic mass is 9.66. The molecule has 1 aromatic carbocycles. The van der Waals surface area contributed by atoms with Gasteiger partial charge in [-0.2, -0.15) is 23.3 Å². The predicted molar refractivity (Wildman–Crippen MR) is 110 cm³/mol. The molecule has 0 saturated heterocycles. The Kier molecular flexibility index (Phi) is 5.37. The van der Waals surface area contributed by atoms with Crippen LogP contribution in [0.3, 0.4) is 0 Å². The molecule has 1 N–H and O–H groups in total. The van der Waals surface area contributed by atoms with Crippen molar-refractivity contribution in [2.75, 3.05) is 0 Å². The molecule has 2 aliphatic rings. The Labute approximate surface area is 176 Å². The lowest BCUT2D eigenvalue weighted by Crippen LogP contribution is -2.62. The van der Waals surface area contributed by atoms with Crippen molar-refractivity contribution in [3.63, 3.8) is 0 Å². The van der Waals surface area contributed by atoms with Crippen molar-refractivity contribution in [3.05, 3.63) is 35.4 Å². The minimum Gasteiger partial charge on any atom is -0.362 e. The van der Waals surface area contributed by atoms with Gasteiger partial charge in [0.1, 0.15) is 0 Å². The van der Waals surface area contributed by atoms with Gasteiger partial charge in [0.05, 0.1) is 5.92 Å². The van der Waals surface area contributed by atoms with Crippen molar-refractivity contribution in [1.29, 1.82) is 0 Å². The van der Waals surface area contributed by atoms with Crippen LogP contribution in [0, 0.1) is 17.3 Å². The molecular weight excluding hydrogens is 393 g/mol. The molecule has 3 atom stereocenters. The first-order valence-electron chi connectivity index (χ1n) is 10.4. The van der Waals surface area contributed by atoms with Gasteiger partial charge in [0.2, 0.25) is 0 Å². The van der Waals surface area contributed by atoms with Gasteiger partial charge in [-0.25, -0.2) is 0 Å². The Morgan fingerprint density at radius 3 is 2.13 bits per heavy atom. The van der Waals surface area contributed by atoms with Crippen LogP contribution in [0.15, 0.2) is 29.4 Å². The summed E-state index contributed by atoms with van der Waals surface area (Å²) >= 11 is 0. The molecule has 7 heteroatoms. The minimum atomic E-state index is -5.02. The van der Waals surface area contributed by atoms with Crippen LogP contribution in [-0.4, -0.2) is 33.6 Å². The van der Waals surface area contributed by atoms with Gasteiger partial charge in [-0.15, -0.1) is 0 Å². The fraction of sp³-hybridized carbons (Fsp3) is 0.652. The van der Waals surface area contributed by atoms with Crippen LogP contribution in [0.2, 0.25) is 0 Å². The highest BCUT2D eigenvalue weighted by atomic mass is 19.4. The largest absolute Gasteiger partial charge is 0.439 e. The van der Waals surface area contributed by atoms with Crippen LogP contribution in [0.25, 0.3) is 0 Å². The highest BCUT2D eigenvalue weighted by molar-refractivity contribution is 5.99. The molecule has 1 aliphatic carbocycles. The van der Waals surface area contributed by atoms with E-state index in [2.05, 4.69) is 5.10 Å². The molecule has 1 heterocycles. The summed E-state index contributed by atoms with van der Waals surface area (Å²) in [5, 5.41) is 15.3. The zero-order valence-electron chi connectivity index (χ0n) is 18.5. The summed E-state index contributed by atoms with van der Waals surface area (Å²) in [6.45, 7) is 12.0. The monoisotopic (exact) mass is 424 g/mol. The molecule has 1 saturated carbocycles. The van der Waals surface area contributed by atoms with E-state index in [-0.39, 0.29) is 39.5 Å². The quantitative estimate of drug-likeness (QED) is 0.646. The van der Waals surface area contributed by atoms with Gasteiger partial charge in [0.15, 0.2) is 0 Å². The van der Waals surface area contributed by atoms with Crippen molar-refractivity contribution in [3.8, 4) is 0 Å². The van der Waals surface area contributed by atoms with Gasteiger partial charge >= 0.3 is 6.18 Å². The number of hydrogen-bond acceptors (Lipinski definition) is 3. The molecule has 166 valence electrons. The molecule has 1 fully saturated rings. The van der Waals surface area contributed by atoms with E-state index in [1.807, 2.05) is 41.5 Å². The number of rotatable bonds is 1. The molecular formula is C23H31F3N2O2. The summed E-state index contributed by atoms with van der Waals surface area (Å²) < 4.78 is 42.5. The maximum absolute atomic E-state index is 14.2. The number of fused-ring (bicyclic) bond motifs is 1. The third-order valence-corrected chi connectivity index (χ3v) is 6.54. The van der Waals surface area contributed by atoms with E-state index in [9.17, 15) is 23.1 Å². The van der Waals surface area contributed by atoms with E-state index in [0.717, 1.165) is 5.56 Å². The standard InChI is InChI=1S/C23H31F3N2O2/c1-20(2,3)15-9-7-14(8-10-15)19(29)28-22(30,23(24,25)26)17-13-16(21(4,5)6)11-12-18(17)27-28/h7-10,16-17,30H,11-13H2,1-6H3/t16-,17-,22-/m0/s1. The molecule has 0 bridgehead atoms. The first-order chi connectivity index (χ1) is 13.6. The van der Waals surface area contributed by atoms with Crippen LogP contribution in [0.5, 0.6) is 0 Å². The van der Waals surface area contributed by atoms with Crippen LogP contribution < -0.4 is 0 Å². The Morgan fingerprint density at radius 2 is 1.67 bits per heavy atom. The van der Waals surface area contributed by atoms with E-state index in [1.54, 1.807) is 12.1 Å². The zero-order chi connectivity index (χ0) is 22.7. The number of hydrazone groups is 1. The highest BCUT2D eigenvalue weighted by Gasteiger charge is 2.69. The van der Waals surface area contributed by atoms with Crippen molar-refractivity contribution in [2.45, 2.75) is 78.1 Å². The van der Waals surface area contributed by atoms with E-state index in [4.69, 9.17) is 0 Å². The smallest absolute Gasteiger partial charge is 0.362 e. The summed E-state index contributed by atoms with van der Waals surface area (Å²) in [6, 6.07) is 6.46. The maximum atomic E-state index is 14.2. The van der Waals surface area contributed by atoms with E-state index < -0.39 is 23.7 Å². The summed E-state index contributed by atoms with van der Waals surface area (Å²) in [7, 11) is 0. The summed E-state index contributed by atoms with van der Waals surface area (Å²) in [5.74, 6) is -2.19. The van der Waals surface area contributed by atoms with E-state index >= 15 is 0 Å². The fourth-order valence-electron chi connectivity index (χ4n) is 4.44. The normalized spacial score (nSPS) is 27.7. The number of amides is 1. The molecule has 0 unspecified atom stereocenters. The van der Waals surface area contributed by atoms with Crippen LogP contribution in [0.1, 0.15) is 76.7 Å². The van der Waals surface area contributed by atoms with Crippen molar-refractivity contribution >= 4 is 11.6 Å². The average molecular weight is 425 g/mol. The zero-order valence-corrected chi connectivity index (χ0v) is 18.5. The lowest BCUT2D eigenvalue weighted by molar-refractivity contribution is -0.314. The molecule has 4 nitrogen and oxygen atoms in total. The third kappa shape index (κ3) is 3.77. The van der Waals surface area contributed by atoms with Crippen LogP contribution >= 0.6 is 0 Å². The van der Waals surface area contributed by atoms with Gasteiger partial charge in [0, 0.05) is 11.3 Å². The molecule has 0 spiro atoms. The number of hydrogen-bond donors (Lipinski definition) is 1. The first kappa shape index (κ1) is 22.8. The van der Waals surface area contributed by atoms with Crippen molar-refractivity contribution < 1.29 is 23.1 Å². The second-order valence-corrected chi connectivity index (χ2v) is 10.6. The number of alkyl halides is 3. The Balaban J connectivity index is 1.98. The predicted octanol–water partition coefficient (Wildman–Crippen LogP) is 5.51. The number of carbonyl (C=O) groups excluding carboxylic acids is 1. The lowest BCUT2D eigenvalue weighted by Gasteiger charge is -2.42. The summed E-state index contributed by atoms with van der Waals surface area (Å²) in [4.78, 5) is 13.1. The molecule has 30 heavy (non-hydrogen) atoms. The third-order valence-electron chi connectivity index (χ3n) is 6.54. The Hall–Kier alpha value is -1.89. The fourth-order valence-corrected chi connectivity index (χ4v) is 4.44. The van der Waals surface area contributed by atoms with E-state index in [1.165, 1.54) is 12.1 Å². The topological polar surface area (TPSA) is 52.9 Å².